The van der Waals surface area contributed by atoms with Crippen LogP contribution in [-0.2, 0) is 6.42 Å². The molecule has 12 rings (SSSR count). The minimum Gasteiger partial charge on any atom is -0.484 e. The maximum atomic E-state index is 6.96. The minimum atomic E-state index is -0.119. The summed E-state index contributed by atoms with van der Waals surface area (Å²) >= 11 is 0. The molecule has 1 aromatic heterocycles. The van der Waals surface area contributed by atoms with Gasteiger partial charge in [-0.2, -0.15) is 0 Å². The summed E-state index contributed by atoms with van der Waals surface area (Å²) in [6.45, 7) is 2.00. The summed E-state index contributed by atoms with van der Waals surface area (Å²) in [6, 6.07) is 58.9. The molecule has 2 heterocycles. The summed E-state index contributed by atoms with van der Waals surface area (Å²) < 4.78 is 6.96. The number of fused-ring (bicyclic) bond motifs is 11. The second kappa shape index (κ2) is 16.7. The van der Waals surface area contributed by atoms with Crippen LogP contribution < -0.4 is 4.74 Å². The zero-order chi connectivity index (χ0) is 44.0. The van der Waals surface area contributed by atoms with Crippen molar-refractivity contribution in [3.63, 3.8) is 0 Å². The monoisotopic (exact) mass is 847 g/mol. The van der Waals surface area contributed by atoms with Gasteiger partial charge in [0, 0.05) is 28.2 Å². The Hall–Kier alpha value is -8.21. The van der Waals surface area contributed by atoms with E-state index in [-0.39, 0.29) is 12.0 Å². The fraction of sp³-hybridized carbons (Fsp3) is 0.0806. The molecule has 0 amide bonds. The Kier molecular flexibility index (Phi) is 9.98. The fourth-order valence-corrected chi connectivity index (χ4v) is 10.3. The molecule has 9 aromatic rings. The highest BCUT2D eigenvalue weighted by Gasteiger charge is 2.41. The fourth-order valence-electron chi connectivity index (χ4n) is 10.3. The summed E-state index contributed by atoms with van der Waals surface area (Å²) in [5.74, 6) is 2.83. The Morgan fingerprint density at radius 2 is 1.21 bits per heavy atom. The summed E-state index contributed by atoms with van der Waals surface area (Å²) in [7, 11) is 0. The van der Waals surface area contributed by atoms with Crippen LogP contribution in [0.5, 0.6) is 5.75 Å². The number of nitrogens with zero attached hydrogens (tertiary/aromatic N) is 3. The van der Waals surface area contributed by atoms with E-state index in [1.54, 1.807) is 0 Å². The van der Waals surface area contributed by atoms with Crippen LogP contribution in [-0.4, -0.2) is 15.0 Å². The van der Waals surface area contributed by atoms with Crippen LogP contribution in [0.4, 0.5) is 0 Å². The Morgan fingerprint density at radius 3 is 2.08 bits per heavy atom. The van der Waals surface area contributed by atoms with E-state index in [2.05, 4.69) is 152 Å². The summed E-state index contributed by atoms with van der Waals surface area (Å²) in [6.07, 6.45) is 21.0. The first-order valence-corrected chi connectivity index (χ1v) is 22.9. The average Bonchev–Trinajstić information content (AvgIpc) is 3.78. The van der Waals surface area contributed by atoms with Crippen LogP contribution in [0.1, 0.15) is 64.6 Å². The molecule has 0 fully saturated rings. The largest absolute Gasteiger partial charge is 0.484 e. The smallest absolute Gasteiger partial charge is 0.164 e. The second-order valence-corrected chi connectivity index (χ2v) is 17.2. The SMILES string of the molecule is C\C=C/C=C\C=C\c1nc(-c2ccccc2)nc(-c2cccc(-c3cccc(-c4cccc5c4C4C=C(c6ccc7c(c6)c6c(c8ccccc87)CCC=C6)c6ccccc6C4O5)c3)c2)n1. The van der Waals surface area contributed by atoms with Crippen molar-refractivity contribution in [2.75, 3.05) is 0 Å². The zero-order valence-corrected chi connectivity index (χ0v) is 36.6. The first-order valence-electron chi connectivity index (χ1n) is 22.9. The van der Waals surface area contributed by atoms with Crippen LogP contribution in [0.2, 0.25) is 0 Å². The first-order chi connectivity index (χ1) is 32.7. The molecule has 0 N–H and O–H groups in total. The number of ether oxygens (including phenoxy) is 1. The minimum absolute atomic E-state index is 0.0266. The number of hydrogen-bond acceptors (Lipinski definition) is 4. The van der Waals surface area contributed by atoms with E-state index in [1.165, 1.54) is 66.1 Å². The van der Waals surface area contributed by atoms with E-state index >= 15 is 0 Å². The van der Waals surface area contributed by atoms with Gasteiger partial charge in [-0.3, -0.25) is 0 Å². The molecule has 2 unspecified atom stereocenters. The molecule has 2 aliphatic carbocycles. The number of allylic oxidation sites excluding steroid dienone is 6. The van der Waals surface area contributed by atoms with Gasteiger partial charge in [0.1, 0.15) is 11.9 Å². The van der Waals surface area contributed by atoms with Crippen LogP contribution in [0.15, 0.2) is 206 Å². The van der Waals surface area contributed by atoms with E-state index in [1.807, 2.05) is 73.7 Å². The highest BCUT2D eigenvalue weighted by atomic mass is 16.5. The van der Waals surface area contributed by atoms with Gasteiger partial charge < -0.3 is 4.74 Å². The maximum Gasteiger partial charge on any atom is 0.164 e. The molecule has 1 aliphatic heterocycles. The molecule has 0 radical (unpaired) electrons. The number of aryl methyl sites for hydroxylation is 1. The van der Waals surface area contributed by atoms with Crippen LogP contribution >= 0.6 is 0 Å². The first kappa shape index (κ1) is 39.4. The van der Waals surface area contributed by atoms with Crippen LogP contribution in [0.3, 0.4) is 0 Å². The third-order valence-electron chi connectivity index (χ3n) is 13.3. The molecule has 4 nitrogen and oxygen atoms in total. The van der Waals surface area contributed by atoms with Crippen molar-refractivity contribution in [2.45, 2.75) is 31.8 Å². The highest BCUT2D eigenvalue weighted by Crippen LogP contribution is 2.56. The molecule has 0 spiro atoms. The van der Waals surface area contributed by atoms with Gasteiger partial charge in [0.15, 0.2) is 17.5 Å². The van der Waals surface area contributed by atoms with Gasteiger partial charge in [-0.1, -0.05) is 188 Å². The number of benzene rings is 8. The molecule has 2 atom stereocenters. The molecular formula is C62H45N3O. The molecule has 0 saturated carbocycles. The standard InChI is InChI=1S/C62H45N3O/c1-2-3-4-5-9-33-58-63-61(40-19-7-6-8-20-40)65-62(64-58)45-24-17-22-42(37-45)41-21-16-23-43(36-41)46-31-18-32-57-59(46)56-39-54(51-29-14-15-30-53(51)60(56)66-57)44-34-35-52-49-27-11-10-25-47(49)48-26-12-13-28-50(48)55(52)38-44/h2-11,13-25,27-39,56,60H,12,26H2,1H3/b3-2-,5-4-,33-9+. The van der Waals surface area contributed by atoms with Crippen molar-refractivity contribution >= 4 is 39.3 Å². The van der Waals surface area contributed by atoms with Crippen molar-refractivity contribution in [3.8, 4) is 50.8 Å². The van der Waals surface area contributed by atoms with Crippen molar-refractivity contribution < 1.29 is 4.74 Å². The van der Waals surface area contributed by atoms with E-state index < -0.39 is 0 Å². The van der Waals surface area contributed by atoms with Gasteiger partial charge in [0.05, 0.1) is 0 Å². The van der Waals surface area contributed by atoms with E-state index in [9.17, 15) is 0 Å². The average molecular weight is 848 g/mol. The van der Waals surface area contributed by atoms with Gasteiger partial charge in [-0.15, -0.1) is 0 Å². The molecule has 3 aliphatic rings. The van der Waals surface area contributed by atoms with Gasteiger partial charge in [0.25, 0.3) is 0 Å². The zero-order valence-electron chi connectivity index (χ0n) is 36.6. The normalized spacial score (nSPS) is 16.1. The van der Waals surface area contributed by atoms with Crippen LogP contribution in [0, 0.1) is 0 Å². The van der Waals surface area contributed by atoms with Gasteiger partial charge in [-0.25, -0.2) is 15.0 Å². The number of hydrogen-bond donors (Lipinski definition) is 0. The van der Waals surface area contributed by atoms with Crippen molar-refractivity contribution in [3.05, 3.63) is 246 Å². The molecule has 0 saturated heterocycles. The molecular weight excluding hydrogens is 803 g/mol. The lowest BCUT2D eigenvalue weighted by atomic mass is 9.76. The lowest BCUT2D eigenvalue weighted by Crippen LogP contribution is -2.16. The summed E-state index contributed by atoms with van der Waals surface area (Å²) in [4.78, 5) is 14.7. The summed E-state index contributed by atoms with van der Waals surface area (Å²) in [5, 5.41) is 5.33. The van der Waals surface area contributed by atoms with Crippen molar-refractivity contribution in [1.29, 1.82) is 0 Å². The number of aromatic nitrogens is 3. The van der Waals surface area contributed by atoms with Gasteiger partial charge in [-0.05, 0) is 122 Å². The lowest BCUT2D eigenvalue weighted by Gasteiger charge is -2.28. The van der Waals surface area contributed by atoms with Crippen LogP contribution in [0.25, 0.3) is 84.3 Å². The third kappa shape index (κ3) is 6.99. The van der Waals surface area contributed by atoms with E-state index in [0.29, 0.717) is 17.5 Å². The molecule has 314 valence electrons. The predicted molar refractivity (Wildman–Crippen MR) is 273 cm³/mol. The Balaban J connectivity index is 0.931. The van der Waals surface area contributed by atoms with Gasteiger partial charge in [0.2, 0.25) is 0 Å². The highest BCUT2D eigenvalue weighted by molar-refractivity contribution is 6.14. The van der Waals surface area contributed by atoms with Crippen molar-refractivity contribution in [2.24, 2.45) is 0 Å². The maximum absolute atomic E-state index is 6.96. The topological polar surface area (TPSA) is 47.9 Å². The summed E-state index contributed by atoms with van der Waals surface area (Å²) in [5.41, 5.74) is 15.4. The van der Waals surface area contributed by atoms with Crippen molar-refractivity contribution in [1.82, 2.24) is 15.0 Å². The second-order valence-electron chi connectivity index (χ2n) is 17.2. The van der Waals surface area contributed by atoms with E-state index in [4.69, 9.17) is 19.7 Å². The van der Waals surface area contributed by atoms with E-state index in [0.717, 1.165) is 46.4 Å². The Bertz CT molecular complexity index is 3540. The molecule has 8 aromatic carbocycles. The Morgan fingerprint density at radius 1 is 0.530 bits per heavy atom. The van der Waals surface area contributed by atoms with Gasteiger partial charge >= 0.3 is 0 Å². The quantitative estimate of drug-likeness (QED) is 0.113. The molecule has 0 bridgehead atoms. The lowest BCUT2D eigenvalue weighted by molar-refractivity contribution is 0.223. The third-order valence-corrected chi connectivity index (χ3v) is 13.3. The Labute approximate surface area is 385 Å². The molecule has 66 heavy (non-hydrogen) atoms. The predicted octanol–water partition coefficient (Wildman–Crippen LogP) is 15.6. The number of rotatable bonds is 8. The molecule has 4 heteroatoms.